The predicted molar refractivity (Wildman–Crippen MR) is 134 cm³/mol. The third kappa shape index (κ3) is 32.1. The fraction of sp³-hybridized carbons (Fsp3) is 1.00. The van der Waals surface area contributed by atoms with Crippen molar-refractivity contribution >= 4 is 10.1 Å². The number of alkyl halides is 1. The molecule has 0 aromatic carbocycles. The molecule has 0 aliphatic rings. The zero-order valence-electron chi connectivity index (χ0n) is 21.1. The summed E-state index contributed by atoms with van der Waals surface area (Å²) in [6.45, 7) is 2.36. The molecule has 0 atom stereocenters. The van der Waals surface area contributed by atoms with E-state index < -0.39 is 10.1 Å². The average Bonchev–Trinajstić information content (AvgIpc) is 2.74. The van der Waals surface area contributed by atoms with Crippen LogP contribution in [-0.2, 0) is 14.3 Å². The lowest BCUT2D eigenvalue weighted by atomic mass is 10.1. The Labute approximate surface area is 194 Å². The molecule has 0 saturated heterocycles. The van der Waals surface area contributed by atoms with Crippen LogP contribution in [0.3, 0.4) is 0 Å². The summed E-state index contributed by atoms with van der Waals surface area (Å²) in [5, 5.41) is 2.75. The highest BCUT2D eigenvalue weighted by molar-refractivity contribution is 7.86. The predicted octanol–water partition coefficient (Wildman–Crippen LogP) is 7.57. The molecule has 190 valence electrons. The van der Waals surface area contributed by atoms with E-state index in [-0.39, 0.29) is 12.4 Å². The largest absolute Gasteiger partial charge is 0.323 e. The maximum Gasteiger partial charge on any atom is 0.267 e. The van der Waals surface area contributed by atoms with Gasteiger partial charge in [0.2, 0.25) is 0 Å². The lowest BCUT2D eigenvalue weighted by molar-refractivity contribution is 0.305. The first-order valence-corrected chi connectivity index (χ1v) is 14.6. The first-order chi connectivity index (χ1) is 15.0. The molecule has 1 N–H and O–H groups in total. The Hall–Kier alpha value is -0.200. The van der Waals surface area contributed by atoms with Crippen LogP contribution in [0.1, 0.15) is 129 Å². The van der Waals surface area contributed by atoms with Gasteiger partial charge in [-0.25, -0.2) is 0 Å². The van der Waals surface area contributed by atoms with E-state index in [0.29, 0.717) is 19.4 Å². The molecule has 0 aromatic rings. The van der Waals surface area contributed by atoms with Crippen LogP contribution in [0.25, 0.3) is 0 Å². The molecule has 0 saturated carbocycles. The van der Waals surface area contributed by atoms with E-state index in [1.807, 2.05) is 14.1 Å². The van der Waals surface area contributed by atoms with Crippen molar-refractivity contribution in [3.63, 3.8) is 0 Å². The van der Waals surface area contributed by atoms with E-state index in [1.165, 1.54) is 64.2 Å². The first kappa shape index (κ1) is 33.0. The minimum Gasteiger partial charge on any atom is -0.323 e. The topological polar surface area (TPSA) is 55.4 Å². The van der Waals surface area contributed by atoms with Crippen molar-refractivity contribution in [3.05, 3.63) is 0 Å². The molecule has 0 heterocycles. The number of hydrogen-bond acceptors (Lipinski definition) is 4. The van der Waals surface area contributed by atoms with Crippen molar-refractivity contribution in [2.45, 2.75) is 129 Å². The van der Waals surface area contributed by atoms with Crippen LogP contribution in [0, 0.1) is 0 Å². The minimum absolute atomic E-state index is 0.135. The van der Waals surface area contributed by atoms with Gasteiger partial charge in [0.15, 0.2) is 0 Å². The summed E-state index contributed by atoms with van der Waals surface area (Å²) >= 11 is 0. The van der Waals surface area contributed by atoms with E-state index in [0.717, 1.165) is 44.9 Å². The van der Waals surface area contributed by atoms with E-state index in [1.54, 1.807) is 0 Å². The van der Waals surface area contributed by atoms with Gasteiger partial charge in [-0.1, -0.05) is 110 Å². The molecule has 0 aliphatic heterocycles. The number of hydrogen-bond donors (Lipinski definition) is 1. The van der Waals surface area contributed by atoms with E-state index >= 15 is 0 Å². The summed E-state index contributed by atoms with van der Waals surface area (Å²) in [5.74, 6) is 0.135. The number of unbranched alkanes of at least 4 members (excludes halogenated alkanes) is 17. The molecule has 0 unspecified atom stereocenters. The Balaban J connectivity index is 0. The molecule has 6 heteroatoms. The lowest BCUT2D eigenvalue weighted by Gasteiger charge is -2.06. The molecule has 0 bridgehead atoms. The van der Waals surface area contributed by atoms with Crippen molar-refractivity contribution in [2.75, 3.05) is 33.1 Å². The summed E-state index contributed by atoms with van der Waals surface area (Å²) in [4.78, 5) is 0. The van der Waals surface area contributed by atoms with E-state index in [2.05, 4.69) is 12.2 Å². The molecule has 0 radical (unpaired) electrons. The van der Waals surface area contributed by atoms with Gasteiger partial charge in [0.25, 0.3) is 10.1 Å². The molecular weight excluding hydrogens is 413 g/mol. The maximum absolute atomic E-state index is 12.0. The van der Waals surface area contributed by atoms with Gasteiger partial charge in [-0.2, -0.15) is 8.42 Å². The SMILES string of the molecule is CCCCCCCCCCCCCCOS(=O)(=O)CCCCCCCCCF.CNC. The number of rotatable bonds is 23. The van der Waals surface area contributed by atoms with Crippen molar-refractivity contribution in [1.82, 2.24) is 5.32 Å². The van der Waals surface area contributed by atoms with Gasteiger partial charge in [0.05, 0.1) is 19.0 Å². The highest BCUT2D eigenvalue weighted by atomic mass is 32.2. The molecule has 0 spiro atoms. The molecule has 0 rings (SSSR count). The molecule has 31 heavy (non-hydrogen) atoms. The van der Waals surface area contributed by atoms with Crippen LogP contribution in [0.15, 0.2) is 0 Å². The van der Waals surface area contributed by atoms with E-state index in [4.69, 9.17) is 4.18 Å². The Morgan fingerprint density at radius 2 is 0.968 bits per heavy atom. The fourth-order valence-corrected chi connectivity index (χ4v) is 4.49. The van der Waals surface area contributed by atoms with Crippen molar-refractivity contribution in [3.8, 4) is 0 Å². The molecule has 0 aromatic heterocycles. The van der Waals surface area contributed by atoms with Crippen LogP contribution in [0.5, 0.6) is 0 Å². The second-order valence-corrected chi connectivity index (χ2v) is 10.4. The van der Waals surface area contributed by atoms with Gasteiger partial charge >= 0.3 is 0 Å². The Morgan fingerprint density at radius 1 is 0.613 bits per heavy atom. The van der Waals surface area contributed by atoms with Crippen molar-refractivity contribution < 1.29 is 17.0 Å². The van der Waals surface area contributed by atoms with Gasteiger partial charge in [-0.05, 0) is 33.4 Å². The second-order valence-electron chi connectivity index (χ2n) is 8.64. The van der Waals surface area contributed by atoms with Crippen LogP contribution < -0.4 is 5.32 Å². The number of nitrogens with one attached hydrogen (secondary N) is 1. The second kappa shape index (κ2) is 27.8. The van der Waals surface area contributed by atoms with Crippen LogP contribution in [0.2, 0.25) is 0 Å². The van der Waals surface area contributed by atoms with Crippen molar-refractivity contribution in [2.24, 2.45) is 0 Å². The molecule has 0 aliphatic carbocycles. The minimum atomic E-state index is -3.35. The Kier molecular flexibility index (Phi) is 29.6. The summed E-state index contributed by atoms with van der Waals surface area (Å²) < 4.78 is 40.7. The Bertz CT molecular complexity index is 419. The highest BCUT2D eigenvalue weighted by Crippen LogP contribution is 2.13. The standard InChI is InChI=1S/C23H47FO3S.C2H7N/c1-2-3-4-5-6-7-8-9-10-13-16-19-22-27-28(25,26)23-20-17-14-11-12-15-18-21-24;1-3-2/h2-23H2,1H3;3H,1-2H3. The van der Waals surface area contributed by atoms with Crippen LogP contribution >= 0.6 is 0 Å². The van der Waals surface area contributed by atoms with Crippen molar-refractivity contribution in [1.29, 1.82) is 0 Å². The van der Waals surface area contributed by atoms with Gasteiger partial charge in [-0.15, -0.1) is 0 Å². The van der Waals surface area contributed by atoms with Crippen LogP contribution in [0.4, 0.5) is 4.39 Å². The lowest BCUT2D eigenvalue weighted by Crippen LogP contribution is -2.11. The summed E-state index contributed by atoms with van der Waals surface area (Å²) in [6, 6.07) is 0. The normalized spacial score (nSPS) is 11.4. The molecule has 4 nitrogen and oxygen atoms in total. The fourth-order valence-electron chi connectivity index (χ4n) is 3.45. The molecule has 0 amide bonds. The van der Waals surface area contributed by atoms with Gasteiger partial charge in [0, 0.05) is 0 Å². The molecular formula is C25H54FNO3S. The third-order valence-corrected chi connectivity index (χ3v) is 6.60. The average molecular weight is 468 g/mol. The summed E-state index contributed by atoms with van der Waals surface area (Å²) in [6.07, 6.45) is 21.5. The Morgan fingerprint density at radius 3 is 1.39 bits per heavy atom. The summed E-state index contributed by atoms with van der Waals surface area (Å²) in [7, 11) is 0.403. The van der Waals surface area contributed by atoms with Gasteiger partial charge in [-0.3, -0.25) is 8.57 Å². The quantitative estimate of drug-likeness (QED) is 0.124. The first-order valence-electron chi connectivity index (χ1n) is 13.1. The summed E-state index contributed by atoms with van der Waals surface area (Å²) in [5.41, 5.74) is 0. The monoisotopic (exact) mass is 467 g/mol. The van der Waals surface area contributed by atoms with Crippen LogP contribution in [-0.4, -0.2) is 41.5 Å². The highest BCUT2D eigenvalue weighted by Gasteiger charge is 2.10. The molecule has 0 fully saturated rings. The smallest absolute Gasteiger partial charge is 0.267 e. The zero-order valence-corrected chi connectivity index (χ0v) is 21.9. The maximum atomic E-state index is 12.0. The number of halogens is 1. The third-order valence-electron chi connectivity index (χ3n) is 5.29. The van der Waals surface area contributed by atoms with Gasteiger partial charge in [0.1, 0.15) is 0 Å². The van der Waals surface area contributed by atoms with Gasteiger partial charge < -0.3 is 5.32 Å². The zero-order chi connectivity index (χ0) is 23.5. The van der Waals surface area contributed by atoms with E-state index in [9.17, 15) is 12.8 Å².